The molecule has 0 saturated heterocycles. The van der Waals surface area contributed by atoms with Crippen LogP contribution in [0.15, 0.2) is 6.20 Å². The van der Waals surface area contributed by atoms with Gasteiger partial charge in [-0.1, -0.05) is 51.7 Å². The van der Waals surface area contributed by atoms with Crippen molar-refractivity contribution in [2.24, 2.45) is 0 Å². The first-order valence-electron chi connectivity index (χ1n) is 9.11. The molecule has 6 nitrogen and oxygen atoms in total. The van der Waals surface area contributed by atoms with Gasteiger partial charge in [-0.15, -0.1) is 5.10 Å². The van der Waals surface area contributed by atoms with E-state index in [1.165, 1.54) is 19.3 Å². The highest BCUT2D eigenvalue weighted by Gasteiger charge is 2.00. The van der Waals surface area contributed by atoms with E-state index in [-0.39, 0.29) is 6.03 Å². The molecule has 6 heteroatoms. The predicted molar refractivity (Wildman–Crippen MR) is 95.5 cm³/mol. The van der Waals surface area contributed by atoms with Gasteiger partial charge in [0.2, 0.25) is 0 Å². The highest BCUT2D eigenvalue weighted by molar-refractivity contribution is 5.73. The maximum atomic E-state index is 10.9. The molecule has 1 rings (SSSR count). The molecule has 0 aromatic carbocycles. The highest BCUT2D eigenvalue weighted by atomic mass is 16.2. The Kier molecular flexibility index (Phi) is 14.3. The van der Waals surface area contributed by atoms with E-state index >= 15 is 0 Å². The molecule has 2 N–H and O–H groups in total. The minimum absolute atomic E-state index is 0.104. The molecule has 0 fully saturated rings. The Morgan fingerprint density at radius 1 is 1.13 bits per heavy atom. The van der Waals surface area contributed by atoms with Crippen LogP contribution in [0.2, 0.25) is 0 Å². The number of amides is 2. The quantitative estimate of drug-likeness (QED) is 0.611. The molecule has 0 atom stereocenters. The van der Waals surface area contributed by atoms with Crippen molar-refractivity contribution in [3.05, 3.63) is 11.9 Å². The molecule has 2 amide bonds. The van der Waals surface area contributed by atoms with Gasteiger partial charge in [-0.3, -0.25) is 4.68 Å². The van der Waals surface area contributed by atoms with Gasteiger partial charge in [0.05, 0.1) is 5.69 Å². The van der Waals surface area contributed by atoms with Gasteiger partial charge < -0.3 is 10.6 Å². The molecule has 0 radical (unpaired) electrons. The van der Waals surface area contributed by atoms with Crippen LogP contribution in [0.3, 0.4) is 0 Å². The lowest BCUT2D eigenvalue weighted by molar-refractivity contribution is 0.242. The summed E-state index contributed by atoms with van der Waals surface area (Å²) in [6, 6.07) is -0.104. The zero-order valence-electron chi connectivity index (χ0n) is 15.4. The first-order valence-corrected chi connectivity index (χ1v) is 9.11. The smallest absolute Gasteiger partial charge is 0.314 e. The van der Waals surface area contributed by atoms with E-state index in [0.717, 1.165) is 50.9 Å². The maximum Gasteiger partial charge on any atom is 0.314 e. The highest BCUT2D eigenvalue weighted by Crippen LogP contribution is 2.05. The van der Waals surface area contributed by atoms with Crippen molar-refractivity contribution in [1.82, 2.24) is 25.6 Å². The van der Waals surface area contributed by atoms with Gasteiger partial charge in [-0.05, 0) is 25.7 Å². The molecule has 0 aliphatic carbocycles. The minimum Gasteiger partial charge on any atom is -0.341 e. The number of carbonyl (C=O) groups is 1. The number of aromatic nitrogens is 3. The molecule has 0 aliphatic heterocycles. The lowest BCUT2D eigenvalue weighted by Crippen LogP contribution is -2.33. The van der Waals surface area contributed by atoms with Gasteiger partial charge in [-0.2, -0.15) is 0 Å². The Hall–Kier alpha value is -1.59. The van der Waals surface area contributed by atoms with Gasteiger partial charge in [0, 0.05) is 26.3 Å². The van der Waals surface area contributed by atoms with E-state index in [0.29, 0.717) is 0 Å². The molecule has 0 spiro atoms. The number of rotatable bonds is 11. The first-order chi connectivity index (χ1) is 11.3. The molecule has 1 heterocycles. The second-order valence-electron chi connectivity index (χ2n) is 5.35. The summed E-state index contributed by atoms with van der Waals surface area (Å²) in [5, 5.41) is 13.7. The Balaban J connectivity index is 0.00000232. The zero-order valence-corrected chi connectivity index (χ0v) is 15.4. The summed E-state index contributed by atoms with van der Waals surface area (Å²) in [5.41, 5.74) is 1.11. The number of urea groups is 1. The van der Waals surface area contributed by atoms with Gasteiger partial charge in [0.15, 0.2) is 0 Å². The van der Waals surface area contributed by atoms with Crippen molar-refractivity contribution in [3.63, 3.8) is 0 Å². The maximum absolute atomic E-state index is 10.9. The molecule has 23 heavy (non-hydrogen) atoms. The number of hydrogen-bond acceptors (Lipinski definition) is 3. The number of nitrogens with zero attached hydrogens (tertiary/aromatic N) is 3. The average Bonchev–Trinajstić information content (AvgIpc) is 3.03. The third-order valence-electron chi connectivity index (χ3n) is 3.45. The van der Waals surface area contributed by atoms with E-state index in [9.17, 15) is 4.79 Å². The molecular weight excluding hydrogens is 290 g/mol. The summed E-state index contributed by atoms with van der Waals surface area (Å²) in [6.45, 7) is 7.88. The number of hydrogen-bond donors (Lipinski definition) is 2. The normalized spacial score (nSPS) is 9.91. The fourth-order valence-electron chi connectivity index (χ4n) is 2.16. The number of unbranched alkanes of at least 4 members (excludes halogenated alkanes) is 5. The summed E-state index contributed by atoms with van der Waals surface area (Å²) in [6.07, 6.45) is 11.2. The fraction of sp³-hybridized carbons (Fsp3) is 0.824. The summed E-state index contributed by atoms with van der Waals surface area (Å²) < 4.78 is 1.95. The van der Waals surface area contributed by atoms with Crippen LogP contribution in [0.4, 0.5) is 4.79 Å². The second-order valence-corrected chi connectivity index (χ2v) is 5.35. The lowest BCUT2D eigenvalue weighted by atomic mass is 10.2. The van der Waals surface area contributed by atoms with E-state index < -0.39 is 0 Å². The molecule has 0 saturated carbocycles. The average molecular weight is 326 g/mol. The Bertz CT molecular complexity index is 392. The van der Waals surface area contributed by atoms with Crippen molar-refractivity contribution in [1.29, 1.82) is 0 Å². The van der Waals surface area contributed by atoms with Crippen molar-refractivity contribution in [2.75, 3.05) is 13.6 Å². The number of carbonyl (C=O) groups excluding carboxylic acids is 1. The summed E-state index contributed by atoms with van der Waals surface area (Å²) in [5.74, 6) is 0. The van der Waals surface area contributed by atoms with Crippen LogP contribution in [-0.2, 0) is 13.0 Å². The number of nitrogens with one attached hydrogen (secondary N) is 2. The van der Waals surface area contributed by atoms with Crippen molar-refractivity contribution < 1.29 is 4.79 Å². The first kappa shape index (κ1) is 21.4. The SMILES string of the molecule is CC.CCCCCc1cn(CCCCCCNC(=O)NC)nn1. The van der Waals surface area contributed by atoms with Crippen molar-refractivity contribution >= 4 is 6.03 Å². The van der Waals surface area contributed by atoms with Crippen LogP contribution < -0.4 is 10.6 Å². The van der Waals surface area contributed by atoms with Crippen LogP contribution in [0.25, 0.3) is 0 Å². The monoisotopic (exact) mass is 325 g/mol. The van der Waals surface area contributed by atoms with Crippen LogP contribution in [-0.4, -0.2) is 34.6 Å². The largest absolute Gasteiger partial charge is 0.341 e. The van der Waals surface area contributed by atoms with Gasteiger partial charge >= 0.3 is 6.03 Å². The van der Waals surface area contributed by atoms with Crippen molar-refractivity contribution in [2.45, 2.75) is 78.7 Å². The minimum atomic E-state index is -0.104. The Labute approximate surface area is 141 Å². The summed E-state index contributed by atoms with van der Waals surface area (Å²) in [4.78, 5) is 10.9. The van der Waals surface area contributed by atoms with Crippen molar-refractivity contribution in [3.8, 4) is 0 Å². The molecule has 0 bridgehead atoms. The van der Waals surface area contributed by atoms with E-state index in [1.807, 2.05) is 18.5 Å². The van der Waals surface area contributed by atoms with Gasteiger partial charge in [-0.25, -0.2) is 4.79 Å². The summed E-state index contributed by atoms with van der Waals surface area (Å²) >= 11 is 0. The Morgan fingerprint density at radius 2 is 1.87 bits per heavy atom. The molecule has 1 aromatic heterocycles. The third kappa shape index (κ3) is 11.6. The van der Waals surface area contributed by atoms with E-state index in [2.05, 4.69) is 34.1 Å². The van der Waals surface area contributed by atoms with Crippen LogP contribution >= 0.6 is 0 Å². The van der Waals surface area contributed by atoms with Gasteiger partial charge in [0.1, 0.15) is 0 Å². The molecule has 0 aliphatic rings. The topological polar surface area (TPSA) is 71.8 Å². The fourth-order valence-corrected chi connectivity index (χ4v) is 2.16. The molecule has 134 valence electrons. The van der Waals surface area contributed by atoms with Crippen LogP contribution in [0.5, 0.6) is 0 Å². The summed E-state index contributed by atoms with van der Waals surface area (Å²) in [7, 11) is 1.63. The Morgan fingerprint density at radius 3 is 2.57 bits per heavy atom. The van der Waals surface area contributed by atoms with E-state index in [4.69, 9.17) is 0 Å². The lowest BCUT2D eigenvalue weighted by Gasteiger charge is -2.04. The molecule has 1 aromatic rings. The zero-order chi connectivity index (χ0) is 17.3. The van der Waals surface area contributed by atoms with Crippen LogP contribution in [0.1, 0.15) is 71.4 Å². The standard InChI is InChI=1S/C15H29N5O.C2H6/c1-3-4-7-10-14-13-20(19-18-14)12-9-6-5-8-11-17-15(21)16-2;1-2/h13H,3-12H2,1-2H3,(H2,16,17,21);1-2H3. The molecule has 0 unspecified atom stereocenters. The van der Waals surface area contributed by atoms with Crippen LogP contribution in [0, 0.1) is 0 Å². The molecular formula is C17H35N5O. The second kappa shape index (κ2) is 15.3. The number of aryl methyl sites for hydroxylation is 2. The predicted octanol–water partition coefficient (Wildman–Crippen LogP) is 3.53. The van der Waals surface area contributed by atoms with Gasteiger partial charge in [0.25, 0.3) is 0 Å². The van der Waals surface area contributed by atoms with E-state index in [1.54, 1.807) is 7.05 Å². The third-order valence-corrected chi connectivity index (χ3v) is 3.45.